The first-order chi connectivity index (χ1) is 9.67. The fourth-order valence-electron chi connectivity index (χ4n) is 2.72. The van der Waals surface area contributed by atoms with Crippen molar-refractivity contribution in [2.24, 2.45) is 11.3 Å². The van der Waals surface area contributed by atoms with Crippen molar-refractivity contribution < 1.29 is 13.9 Å². The molecule has 0 saturated heterocycles. The van der Waals surface area contributed by atoms with Crippen molar-refractivity contribution in [3.05, 3.63) is 23.5 Å². The largest absolute Gasteiger partial charge is 0.493 e. The fraction of sp³-hybridized carbons (Fsp3) is 0.647. The summed E-state index contributed by atoms with van der Waals surface area (Å²) in [4.78, 5) is -0.0327. The number of methoxy groups -OCH3 is 2. The van der Waals surface area contributed by atoms with Crippen LogP contribution in [0.4, 0.5) is 4.39 Å². The third-order valence-corrected chi connectivity index (χ3v) is 4.28. The van der Waals surface area contributed by atoms with E-state index in [-0.39, 0.29) is 16.1 Å². The fourth-order valence-corrected chi connectivity index (χ4v) is 3.71. The molecule has 2 nitrogen and oxygen atoms in total. The molecule has 0 aliphatic rings. The molecule has 0 aromatic heterocycles. The predicted octanol–water partition coefficient (Wildman–Crippen LogP) is 5.74. The zero-order valence-electron chi connectivity index (χ0n) is 13.8. The average molecular weight is 361 g/mol. The Bertz CT molecular complexity index is 469. The van der Waals surface area contributed by atoms with Crippen LogP contribution < -0.4 is 9.47 Å². The predicted molar refractivity (Wildman–Crippen MR) is 89.0 cm³/mol. The third-order valence-electron chi connectivity index (χ3n) is 3.41. The van der Waals surface area contributed by atoms with Gasteiger partial charge in [0, 0.05) is 16.5 Å². The number of hydrogen-bond donors (Lipinski definition) is 0. The van der Waals surface area contributed by atoms with Crippen LogP contribution >= 0.6 is 15.9 Å². The lowest BCUT2D eigenvalue weighted by atomic mass is 9.83. The van der Waals surface area contributed by atoms with E-state index in [4.69, 9.17) is 9.47 Å². The molecule has 0 N–H and O–H groups in total. The van der Waals surface area contributed by atoms with E-state index in [0.29, 0.717) is 23.0 Å². The van der Waals surface area contributed by atoms with Gasteiger partial charge in [0.2, 0.25) is 0 Å². The Labute approximate surface area is 136 Å². The number of benzene rings is 1. The summed E-state index contributed by atoms with van der Waals surface area (Å²) in [5.74, 6) is 1.21. The van der Waals surface area contributed by atoms with Gasteiger partial charge in [-0.3, -0.25) is 0 Å². The van der Waals surface area contributed by atoms with Crippen LogP contribution in [0.2, 0.25) is 0 Å². The summed E-state index contributed by atoms with van der Waals surface area (Å²) in [7, 11) is 3.07. The number of ether oxygens (including phenoxy) is 2. The van der Waals surface area contributed by atoms with E-state index in [9.17, 15) is 4.39 Å². The number of rotatable bonds is 6. The van der Waals surface area contributed by atoms with Gasteiger partial charge in [-0.05, 0) is 30.2 Å². The van der Waals surface area contributed by atoms with Crippen molar-refractivity contribution in [1.29, 1.82) is 0 Å². The van der Waals surface area contributed by atoms with Crippen LogP contribution in [-0.2, 0) is 0 Å². The van der Waals surface area contributed by atoms with Crippen LogP contribution in [0.1, 0.15) is 50.9 Å². The van der Waals surface area contributed by atoms with Crippen LogP contribution in [-0.4, -0.2) is 14.2 Å². The van der Waals surface area contributed by atoms with Crippen LogP contribution in [0.3, 0.4) is 0 Å². The molecule has 0 heterocycles. The van der Waals surface area contributed by atoms with E-state index in [1.54, 1.807) is 13.2 Å². The van der Waals surface area contributed by atoms with Gasteiger partial charge in [-0.15, -0.1) is 0 Å². The lowest BCUT2D eigenvalue weighted by molar-refractivity contribution is 0.295. The maximum atomic E-state index is 14.2. The highest BCUT2D eigenvalue weighted by Gasteiger charge is 2.22. The zero-order valence-corrected chi connectivity index (χ0v) is 15.4. The van der Waals surface area contributed by atoms with Gasteiger partial charge in [0.25, 0.3) is 0 Å². The molecule has 1 rings (SSSR count). The monoisotopic (exact) mass is 360 g/mol. The molecule has 0 aliphatic heterocycles. The Kier molecular flexibility index (Phi) is 6.51. The van der Waals surface area contributed by atoms with E-state index in [1.165, 1.54) is 13.2 Å². The van der Waals surface area contributed by atoms with Gasteiger partial charge in [-0.25, -0.2) is 4.39 Å². The molecule has 0 bridgehead atoms. The molecule has 2 atom stereocenters. The van der Waals surface area contributed by atoms with E-state index in [1.807, 2.05) is 0 Å². The van der Waals surface area contributed by atoms with Gasteiger partial charge in [-0.1, -0.05) is 43.6 Å². The molecule has 21 heavy (non-hydrogen) atoms. The lowest BCUT2D eigenvalue weighted by Gasteiger charge is -2.25. The molecule has 0 saturated carbocycles. The minimum atomic E-state index is -0.266. The number of hydrogen-bond acceptors (Lipinski definition) is 2. The number of halogens is 2. The second kappa shape index (κ2) is 7.48. The summed E-state index contributed by atoms with van der Waals surface area (Å²) in [6.07, 6.45) is 1.98. The second-order valence-electron chi connectivity index (χ2n) is 6.80. The Hall–Kier alpha value is -0.770. The molecule has 4 heteroatoms. The standard InChI is InChI=1S/C17H26BrFO2/c1-11(10-17(2,3)4)7-13(18)12-8-15(20-5)16(21-6)9-14(12)19/h8-9,11,13H,7,10H2,1-6H3. The minimum Gasteiger partial charge on any atom is -0.493 e. The van der Waals surface area contributed by atoms with Crippen molar-refractivity contribution in [2.75, 3.05) is 14.2 Å². The van der Waals surface area contributed by atoms with Gasteiger partial charge >= 0.3 is 0 Å². The molecular formula is C17H26BrFO2. The number of alkyl halides is 1. The summed E-state index contributed by atoms with van der Waals surface area (Å²) in [5, 5.41) is 0. The van der Waals surface area contributed by atoms with E-state index >= 15 is 0 Å². The van der Waals surface area contributed by atoms with Gasteiger partial charge in [0.15, 0.2) is 11.5 Å². The maximum Gasteiger partial charge on any atom is 0.163 e. The summed E-state index contributed by atoms with van der Waals surface area (Å²) >= 11 is 3.62. The molecule has 0 radical (unpaired) electrons. The first kappa shape index (κ1) is 18.3. The van der Waals surface area contributed by atoms with Crippen LogP contribution in [0.5, 0.6) is 11.5 Å². The van der Waals surface area contributed by atoms with E-state index in [0.717, 1.165) is 12.8 Å². The molecule has 0 fully saturated rings. The molecule has 0 spiro atoms. The van der Waals surface area contributed by atoms with Gasteiger partial charge in [-0.2, -0.15) is 0 Å². The first-order valence-corrected chi connectivity index (χ1v) is 8.15. The molecule has 0 aliphatic carbocycles. The van der Waals surface area contributed by atoms with Crippen LogP contribution in [0, 0.1) is 17.2 Å². The molecular weight excluding hydrogens is 335 g/mol. The maximum absolute atomic E-state index is 14.2. The molecule has 2 unspecified atom stereocenters. The van der Waals surface area contributed by atoms with Crippen molar-refractivity contribution in [3.63, 3.8) is 0 Å². The van der Waals surface area contributed by atoms with Crippen molar-refractivity contribution in [1.82, 2.24) is 0 Å². The summed E-state index contributed by atoms with van der Waals surface area (Å²) in [6.45, 7) is 8.88. The Morgan fingerprint density at radius 3 is 2.14 bits per heavy atom. The van der Waals surface area contributed by atoms with Crippen molar-refractivity contribution >= 4 is 15.9 Å². The Morgan fingerprint density at radius 2 is 1.67 bits per heavy atom. The summed E-state index contributed by atoms with van der Waals surface area (Å²) in [5.41, 5.74) is 0.899. The van der Waals surface area contributed by atoms with E-state index < -0.39 is 0 Å². The van der Waals surface area contributed by atoms with Crippen molar-refractivity contribution in [2.45, 2.75) is 45.4 Å². The molecule has 1 aromatic carbocycles. The summed E-state index contributed by atoms with van der Waals surface area (Å²) in [6, 6.07) is 3.11. The zero-order chi connectivity index (χ0) is 16.2. The third kappa shape index (κ3) is 5.50. The minimum absolute atomic E-state index is 0.0327. The van der Waals surface area contributed by atoms with Gasteiger partial charge < -0.3 is 9.47 Å². The average Bonchev–Trinajstić information content (AvgIpc) is 2.35. The van der Waals surface area contributed by atoms with Crippen LogP contribution in [0.25, 0.3) is 0 Å². The highest BCUT2D eigenvalue weighted by atomic mass is 79.9. The van der Waals surface area contributed by atoms with E-state index in [2.05, 4.69) is 43.6 Å². The topological polar surface area (TPSA) is 18.5 Å². The lowest BCUT2D eigenvalue weighted by Crippen LogP contribution is -2.12. The normalized spacial score (nSPS) is 14.7. The Morgan fingerprint density at radius 1 is 1.14 bits per heavy atom. The van der Waals surface area contributed by atoms with Crippen molar-refractivity contribution in [3.8, 4) is 11.5 Å². The quantitative estimate of drug-likeness (QED) is 0.602. The molecule has 120 valence electrons. The van der Waals surface area contributed by atoms with Gasteiger partial charge in [0.1, 0.15) is 5.82 Å². The smallest absolute Gasteiger partial charge is 0.163 e. The summed E-state index contributed by atoms with van der Waals surface area (Å²) < 4.78 is 24.6. The Balaban J connectivity index is 2.89. The molecule has 1 aromatic rings. The highest BCUT2D eigenvalue weighted by molar-refractivity contribution is 9.09. The SMILES string of the molecule is COc1cc(F)c(C(Br)CC(C)CC(C)(C)C)cc1OC. The molecule has 0 amide bonds. The first-order valence-electron chi connectivity index (χ1n) is 7.23. The van der Waals surface area contributed by atoms with Gasteiger partial charge in [0.05, 0.1) is 14.2 Å². The highest BCUT2D eigenvalue weighted by Crippen LogP contribution is 2.39. The van der Waals surface area contributed by atoms with Crippen LogP contribution in [0.15, 0.2) is 12.1 Å². The second-order valence-corrected chi connectivity index (χ2v) is 7.91.